The van der Waals surface area contributed by atoms with Crippen molar-refractivity contribution in [2.45, 2.75) is 0 Å². The standard InChI is InChI=1S/C18H11BrClN3S/c19-13-5-1-12(2-6-13)16-10-23-17(22-16)15(9-21-18(23)24)11-3-7-14(20)8-4-11/h1-10,22H. The van der Waals surface area contributed by atoms with E-state index in [4.69, 9.17) is 23.8 Å². The summed E-state index contributed by atoms with van der Waals surface area (Å²) in [6.45, 7) is 0. The summed E-state index contributed by atoms with van der Waals surface area (Å²) in [7, 11) is 0. The largest absolute Gasteiger partial charge is 0.339 e. The van der Waals surface area contributed by atoms with E-state index in [9.17, 15) is 0 Å². The lowest BCUT2D eigenvalue weighted by atomic mass is 10.1. The topological polar surface area (TPSA) is 33.1 Å². The van der Waals surface area contributed by atoms with E-state index in [2.05, 4.69) is 25.9 Å². The monoisotopic (exact) mass is 415 g/mol. The molecule has 0 bridgehead atoms. The highest BCUT2D eigenvalue weighted by Gasteiger charge is 2.10. The number of hydrogen-bond acceptors (Lipinski definition) is 2. The highest BCUT2D eigenvalue weighted by Crippen LogP contribution is 2.28. The molecule has 2 heterocycles. The SMILES string of the molecule is S=c1ncc(-c2ccc(Cl)cc2)c2[nH]c(-c3ccc(Br)cc3)cn12. The van der Waals surface area contributed by atoms with E-state index >= 15 is 0 Å². The molecule has 0 spiro atoms. The van der Waals surface area contributed by atoms with Crippen molar-refractivity contribution in [3.05, 3.63) is 75.2 Å². The van der Waals surface area contributed by atoms with E-state index in [-0.39, 0.29) is 0 Å². The number of aromatic nitrogens is 3. The number of nitrogens with one attached hydrogen (secondary N) is 1. The van der Waals surface area contributed by atoms with Gasteiger partial charge in [-0.2, -0.15) is 0 Å². The van der Waals surface area contributed by atoms with E-state index in [0.29, 0.717) is 9.79 Å². The summed E-state index contributed by atoms with van der Waals surface area (Å²) >= 11 is 14.8. The van der Waals surface area contributed by atoms with Gasteiger partial charge in [0.05, 0.1) is 5.69 Å². The molecule has 0 saturated heterocycles. The molecule has 0 fully saturated rings. The Balaban J connectivity index is 1.93. The van der Waals surface area contributed by atoms with Crippen LogP contribution in [0.1, 0.15) is 0 Å². The molecule has 1 N–H and O–H groups in total. The van der Waals surface area contributed by atoms with Gasteiger partial charge in [-0.3, -0.25) is 4.40 Å². The molecule has 2 aromatic heterocycles. The number of fused-ring (bicyclic) bond motifs is 1. The third kappa shape index (κ3) is 2.79. The molecule has 0 aliphatic rings. The van der Waals surface area contributed by atoms with E-state index in [1.807, 2.05) is 59.1 Å². The number of halogens is 2. The van der Waals surface area contributed by atoms with E-state index in [1.54, 1.807) is 6.20 Å². The second-order valence-corrected chi connectivity index (χ2v) is 7.07. The summed E-state index contributed by atoms with van der Waals surface area (Å²) in [4.78, 5) is 7.81. The Morgan fingerprint density at radius 3 is 2.38 bits per heavy atom. The molecule has 6 heteroatoms. The molecular weight excluding hydrogens is 406 g/mol. The predicted octanol–water partition coefficient (Wildman–Crippen LogP) is 6.14. The first kappa shape index (κ1) is 15.6. The first-order chi connectivity index (χ1) is 11.6. The van der Waals surface area contributed by atoms with Crippen LogP contribution in [0.2, 0.25) is 5.02 Å². The van der Waals surface area contributed by atoms with Crippen molar-refractivity contribution in [1.29, 1.82) is 0 Å². The number of imidazole rings is 1. The molecular formula is C18H11BrClN3S. The lowest BCUT2D eigenvalue weighted by Crippen LogP contribution is -1.92. The van der Waals surface area contributed by atoms with Crippen molar-refractivity contribution in [3.8, 4) is 22.4 Å². The van der Waals surface area contributed by atoms with Crippen LogP contribution in [-0.2, 0) is 0 Å². The zero-order valence-electron chi connectivity index (χ0n) is 12.3. The summed E-state index contributed by atoms with van der Waals surface area (Å²) in [5.41, 5.74) is 4.98. The van der Waals surface area contributed by atoms with Crippen LogP contribution in [-0.4, -0.2) is 14.4 Å². The van der Waals surface area contributed by atoms with Crippen LogP contribution in [0.5, 0.6) is 0 Å². The lowest BCUT2D eigenvalue weighted by Gasteiger charge is -2.04. The Bertz CT molecular complexity index is 1080. The average molecular weight is 417 g/mol. The zero-order chi connectivity index (χ0) is 16.7. The highest BCUT2D eigenvalue weighted by molar-refractivity contribution is 9.10. The van der Waals surface area contributed by atoms with Crippen molar-refractivity contribution >= 4 is 45.4 Å². The quantitative estimate of drug-likeness (QED) is 0.398. The van der Waals surface area contributed by atoms with Gasteiger partial charge in [-0.1, -0.05) is 51.8 Å². The Morgan fingerprint density at radius 2 is 1.67 bits per heavy atom. The summed E-state index contributed by atoms with van der Waals surface area (Å²) in [6, 6.07) is 15.8. The van der Waals surface area contributed by atoms with Gasteiger partial charge in [0.25, 0.3) is 0 Å². The molecule has 0 radical (unpaired) electrons. The normalized spacial score (nSPS) is 11.1. The van der Waals surface area contributed by atoms with Crippen LogP contribution in [0.3, 0.4) is 0 Å². The number of hydrogen-bond donors (Lipinski definition) is 1. The smallest absolute Gasteiger partial charge is 0.205 e. The van der Waals surface area contributed by atoms with Crippen molar-refractivity contribution < 1.29 is 0 Å². The summed E-state index contributed by atoms with van der Waals surface area (Å²) in [5, 5.41) is 0.706. The molecule has 0 saturated carbocycles. The van der Waals surface area contributed by atoms with Crippen LogP contribution < -0.4 is 0 Å². The van der Waals surface area contributed by atoms with E-state index in [1.165, 1.54) is 0 Å². The average Bonchev–Trinajstić information content (AvgIpc) is 3.03. The van der Waals surface area contributed by atoms with Crippen LogP contribution in [0.15, 0.2) is 65.4 Å². The molecule has 4 aromatic rings. The Kier molecular flexibility index (Phi) is 4.00. The maximum absolute atomic E-state index is 5.99. The molecule has 0 aliphatic heterocycles. The number of nitrogens with zero attached hydrogens (tertiary/aromatic N) is 2. The second-order valence-electron chi connectivity index (χ2n) is 5.35. The van der Waals surface area contributed by atoms with Crippen LogP contribution in [0, 0.1) is 4.77 Å². The van der Waals surface area contributed by atoms with E-state index in [0.717, 1.165) is 32.5 Å². The van der Waals surface area contributed by atoms with Crippen molar-refractivity contribution in [2.24, 2.45) is 0 Å². The molecule has 24 heavy (non-hydrogen) atoms. The maximum Gasteiger partial charge on any atom is 0.205 e. The molecule has 0 unspecified atom stereocenters. The third-order valence-corrected chi connectivity index (χ3v) is 4.91. The first-order valence-corrected chi connectivity index (χ1v) is 8.82. The van der Waals surface area contributed by atoms with Gasteiger partial charge in [-0.05, 0) is 47.6 Å². The van der Waals surface area contributed by atoms with Gasteiger partial charge in [0.1, 0.15) is 5.65 Å². The lowest BCUT2D eigenvalue weighted by molar-refractivity contribution is 1.06. The molecule has 0 atom stereocenters. The molecule has 118 valence electrons. The number of rotatable bonds is 2. The van der Waals surface area contributed by atoms with Crippen LogP contribution in [0.25, 0.3) is 28.0 Å². The molecule has 0 aliphatic carbocycles. The molecule has 3 nitrogen and oxygen atoms in total. The molecule has 0 amide bonds. The van der Waals surface area contributed by atoms with Crippen molar-refractivity contribution in [3.63, 3.8) is 0 Å². The summed E-state index contributed by atoms with van der Waals surface area (Å²) in [6.07, 6.45) is 3.77. The Morgan fingerprint density at radius 1 is 1.00 bits per heavy atom. The van der Waals surface area contributed by atoms with Gasteiger partial charge >= 0.3 is 0 Å². The van der Waals surface area contributed by atoms with Crippen LogP contribution >= 0.6 is 39.7 Å². The van der Waals surface area contributed by atoms with Gasteiger partial charge in [-0.25, -0.2) is 4.98 Å². The fourth-order valence-corrected chi connectivity index (χ4v) is 3.21. The fraction of sp³-hybridized carbons (Fsp3) is 0. The Labute approximate surface area is 157 Å². The van der Waals surface area contributed by atoms with Gasteiger partial charge < -0.3 is 4.98 Å². The van der Waals surface area contributed by atoms with Crippen molar-refractivity contribution in [2.75, 3.05) is 0 Å². The molecule has 2 aromatic carbocycles. The minimum atomic E-state index is 0.516. The predicted molar refractivity (Wildman–Crippen MR) is 104 cm³/mol. The second kappa shape index (κ2) is 6.16. The third-order valence-electron chi connectivity index (χ3n) is 3.83. The minimum absolute atomic E-state index is 0.516. The number of H-pyrrole nitrogens is 1. The number of benzene rings is 2. The van der Waals surface area contributed by atoms with Crippen molar-refractivity contribution in [1.82, 2.24) is 14.4 Å². The Hall–Kier alpha value is -1.95. The van der Waals surface area contributed by atoms with Gasteiger partial charge in [-0.15, -0.1) is 0 Å². The number of aromatic amines is 1. The van der Waals surface area contributed by atoms with Crippen LogP contribution in [0.4, 0.5) is 0 Å². The van der Waals surface area contributed by atoms with Gasteiger partial charge in [0.15, 0.2) is 0 Å². The zero-order valence-corrected chi connectivity index (χ0v) is 15.5. The van der Waals surface area contributed by atoms with Gasteiger partial charge in [0, 0.05) is 27.5 Å². The minimum Gasteiger partial charge on any atom is -0.339 e. The highest BCUT2D eigenvalue weighted by atomic mass is 79.9. The molecule has 4 rings (SSSR count). The maximum atomic E-state index is 5.99. The summed E-state index contributed by atoms with van der Waals surface area (Å²) < 4.78 is 3.46. The van der Waals surface area contributed by atoms with Gasteiger partial charge in [0.2, 0.25) is 4.77 Å². The first-order valence-electron chi connectivity index (χ1n) is 7.24. The summed E-state index contributed by atoms with van der Waals surface area (Å²) in [5.74, 6) is 0. The fourth-order valence-electron chi connectivity index (χ4n) is 2.62. The van der Waals surface area contributed by atoms with E-state index < -0.39 is 0 Å².